The minimum atomic E-state index is -0.437. The van der Waals surface area contributed by atoms with E-state index >= 15 is 0 Å². The molecule has 0 unspecified atom stereocenters. The van der Waals surface area contributed by atoms with Gasteiger partial charge < -0.3 is 0 Å². The number of halogens is 7. The molecule has 1 fully saturated rings. The molecule has 7 heteroatoms. The normalized spacial score (nSPS) is 45.6. The molecule has 1 rings (SSSR count). The van der Waals surface area contributed by atoms with Gasteiger partial charge in [-0.2, -0.15) is 0 Å². The molecule has 92 valence electrons. The van der Waals surface area contributed by atoms with E-state index in [0.717, 1.165) is 0 Å². The molecule has 0 aliphatic heterocycles. The average Bonchev–Trinajstić information content (AvgIpc) is 2.22. The maximum atomic E-state index is 10.3. The highest BCUT2D eigenvalue weighted by atomic mass is 35.5. The van der Waals surface area contributed by atoms with Gasteiger partial charge in [-0.15, -0.1) is 69.6 Å². The molecule has 1 aliphatic carbocycles. The van der Waals surface area contributed by atoms with Crippen molar-refractivity contribution in [1.82, 2.24) is 0 Å². The molecule has 1 aliphatic rings. The third kappa shape index (κ3) is 4.44. The van der Waals surface area contributed by atoms with Crippen LogP contribution in [0.25, 0.3) is 0 Å². The number of rotatable bonds is 0. The van der Waals surface area contributed by atoms with E-state index in [0.29, 0.717) is 0 Å². The summed E-state index contributed by atoms with van der Waals surface area (Å²) < 4.78 is 10.3. The lowest BCUT2D eigenvalue weighted by molar-refractivity contribution is 0.527. The van der Waals surface area contributed by atoms with Gasteiger partial charge >= 0.3 is 0 Å². The van der Waals surface area contributed by atoms with Crippen LogP contribution < -0.4 is 0 Å². The number of hydrogen-bond acceptors (Lipinski definition) is 0. The zero-order valence-corrected chi connectivity index (χ0v) is 12.4. The van der Waals surface area contributed by atoms with Crippen molar-refractivity contribution in [2.45, 2.75) is 39.2 Å². The second-order valence-electron chi connectivity index (χ2n) is 2.93. The fourth-order valence-corrected chi connectivity index (χ4v) is 3.38. The van der Waals surface area contributed by atoms with Gasteiger partial charge in [-0.05, 0) is 6.92 Å². The summed E-state index contributed by atoms with van der Waals surface area (Å²) in [7, 11) is 0. The van der Waals surface area contributed by atoms with Crippen LogP contribution in [0.2, 0.25) is 0 Å². The van der Waals surface area contributed by atoms with Crippen molar-refractivity contribution in [2.75, 3.05) is 6.67 Å². The minimum Gasteiger partial charge on any atom is -0.251 e. The highest BCUT2D eigenvalue weighted by Crippen LogP contribution is 2.39. The largest absolute Gasteiger partial charge is 0.251 e. The monoisotopic (exact) mass is 336 g/mol. The molecular formula is C8H11Cl6F. The molecule has 0 amide bonds. The second kappa shape index (κ2) is 7.89. The van der Waals surface area contributed by atoms with E-state index in [9.17, 15) is 4.39 Å². The molecule has 0 N–H and O–H groups in total. The Balaban J connectivity index is 0.000000583. The molecule has 0 nitrogen and oxygen atoms in total. The van der Waals surface area contributed by atoms with Gasteiger partial charge in [-0.3, -0.25) is 4.39 Å². The van der Waals surface area contributed by atoms with Crippen LogP contribution in [0.4, 0.5) is 4.39 Å². The lowest BCUT2D eigenvalue weighted by Gasteiger charge is -2.37. The van der Waals surface area contributed by atoms with Crippen LogP contribution in [0.15, 0.2) is 0 Å². The van der Waals surface area contributed by atoms with E-state index < -0.39 is 32.3 Å². The summed E-state index contributed by atoms with van der Waals surface area (Å²) in [5.41, 5.74) is 0. The molecule has 0 aromatic rings. The summed E-state index contributed by atoms with van der Waals surface area (Å²) in [5.74, 6) is 0. The first-order valence-electron chi connectivity index (χ1n) is 4.28. The first-order valence-corrected chi connectivity index (χ1v) is 6.90. The predicted molar refractivity (Wildman–Crippen MR) is 69.5 cm³/mol. The van der Waals surface area contributed by atoms with Crippen molar-refractivity contribution in [3.63, 3.8) is 0 Å². The average molecular weight is 339 g/mol. The Labute approximate surface area is 119 Å². The topological polar surface area (TPSA) is 0 Å². The Morgan fingerprint density at radius 2 is 0.733 bits per heavy atom. The standard InChI is InChI=1S/C6H6Cl6.C2H5F/c7-1-2(8)4(10)6(12)5(11)3(1)9;1-2-3/h1-6H;2H2,1H3. The van der Waals surface area contributed by atoms with Crippen molar-refractivity contribution in [2.24, 2.45) is 0 Å². The van der Waals surface area contributed by atoms with Crippen molar-refractivity contribution in [1.29, 1.82) is 0 Å². The third-order valence-corrected chi connectivity index (χ3v) is 5.86. The van der Waals surface area contributed by atoms with Crippen LogP contribution >= 0.6 is 69.6 Å². The molecule has 1 saturated carbocycles. The van der Waals surface area contributed by atoms with Gasteiger partial charge in [0.1, 0.15) is 0 Å². The Morgan fingerprint density at radius 3 is 0.800 bits per heavy atom. The van der Waals surface area contributed by atoms with Crippen molar-refractivity contribution in [3.05, 3.63) is 0 Å². The van der Waals surface area contributed by atoms with Crippen LogP contribution in [0.5, 0.6) is 0 Å². The number of alkyl halides is 7. The van der Waals surface area contributed by atoms with E-state index in [-0.39, 0.29) is 6.67 Å². The quantitative estimate of drug-likeness (QED) is 0.565. The Bertz CT molecular complexity index is 122. The summed E-state index contributed by atoms with van der Waals surface area (Å²) in [6.07, 6.45) is 0. The SMILES string of the molecule is CCF.ClC1C(Cl)C(Cl)C(Cl)C(Cl)C1Cl. The van der Waals surface area contributed by atoms with Crippen LogP contribution in [0.1, 0.15) is 6.92 Å². The summed E-state index contributed by atoms with van der Waals surface area (Å²) in [6.45, 7) is 1.21. The molecule has 0 radical (unpaired) electrons. The third-order valence-electron chi connectivity index (χ3n) is 1.83. The van der Waals surface area contributed by atoms with Gasteiger partial charge in [-0.1, -0.05) is 0 Å². The zero-order chi connectivity index (χ0) is 12.2. The molecule has 0 atom stereocenters. The van der Waals surface area contributed by atoms with Crippen molar-refractivity contribution >= 4 is 69.6 Å². The zero-order valence-electron chi connectivity index (χ0n) is 7.82. The van der Waals surface area contributed by atoms with E-state index in [1.807, 2.05) is 0 Å². The van der Waals surface area contributed by atoms with E-state index in [2.05, 4.69) is 0 Å². The summed E-state index contributed by atoms with van der Waals surface area (Å²) in [6, 6.07) is 0. The van der Waals surface area contributed by atoms with Crippen LogP contribution in [-0.2, 0) is 0 Å². The Morgan fingerprint density at radius 1 is 0.667 bits per heavy atom. The van der Waals surface area contributed by atoms with E-state index in [1.54, 1.807) is 0 Å². The lowest BCUT2D eigenvalue weighted by atomic mass is 9.97. The molecular weight excluding hydrogens is 328 g/mol. The highest BCUT2D eigenvalue weighted by Gasteiger charge is 2.46. The molecule has 0 bridgehead atoms. The van der Waals surface area contributed by atoms with Gasteiger partial charge in [0.25, 0.3) is 0 Å². The first-order chi connectivity index (χ1) is 6.88. The van der Waals surface area contributed by atoms with Crippen LogP contribution in [-0.4, -0.2) is 38.9 Å². The van der Waals surface area contributed by atoms with Gasteiger partial charge in [0, 0.05) is 0 Å². The molecule has 0 spiro atoms. The molecule has 0 aromatic heterocycles. The first kappa shape index (κ1) is 16.7. The Hall–Kier alpha value is 1.67. The molecule has 0 heterocycles. The fourth-order valence-electron chi connectivity index (χ4n) is 1.05. The van der Waals surface area contributed by atoms with Crippen molar-refractivity contribution < 1.29 is 4.39 Å². The molecule has 0 aromatic carbocycles. The van der Waals surface area contributed by atoms with E-state index in [1.165, 1.54) is 6.92 Å². The number of hydrogen-bond donors (Lipinski definition) is 0. The van der Waals surface area contributed by atoms with Crippen LogP contribution in [0, 0.1) is 0 Å². The van der Waals surface area contributed by atoms with Gasteiger partial charge in [0.2, 0.25) is 0 Å². The minimum absolute atomic E-state index is 0.250. The Kier molecular flexibility index (Phi) is 8.77. The fraction of sp³-hybridized carbons (Fsp3) is 1.00. The van der Waals surface area contributed by atoms with E-state index in [4.69, 9.17) is 69.6 Å². The molecule has 0 saturated heterocycles. The van der Waals surface area contributed by atoms with Crippen LogP contribution in [0.3, 0.4) is 0 Å². The maximum Gasteiger partial charge on any atom is 0.0866 e. The molecule has 15 heavy (non-hydrogen) atoms. The van der Waals surface area contributed by atoms with Crippen molar-refractivity contribution in [3.8, 4) is 0 Å². The van der Waals surface area contributed by atoms with Gasteiger partial charge in [-0.25, -0.2) is 0 Å². The lowest BCUT2D eigenvalue weighted by Crippen LogP contribution is -2.52. The summed E-state index contributed by atoms with van der Waals surface area (Å²) in [5, 5.41) is -2.62. The summed E-state index contributed by atoms with van der Waals surface area (Å²) in [4.78, 5) is 0. The second-order valence-corrected chi connectivity index (χ2v) is 5.96. The summed E-state index contributed by atoms with van der Waals surface area (Å²) >= 11 is 35.3. The predicted octanol–water partition coefficient (Wildman–Crippen LogP) is 4.62. The van der Waals surface area contributed by atoms with Gasteiger partial charge in [0.05, 0.1) is 38.9 Å². The van der Waals surface area contributed by atoms with Gasteiger partial charge in [0.15, 0.2) is 0 Å². The maximum absolute atomic E-state index is 10.3. The smallest absolute Gasteiger partial charge is 0.0866 e. The highest BCUT2D eigenvalue weighted by molar-refractivity contribution is 6.45.